The molecule has 0 unspecified atom stereocenters. The minimum atomic E-state index is -2.52. The first-order valence-electron chi connectivity index (χ1n) is 5.57. The van der Waals surface area contributed by atoms with Crippen molar-refractivity contribution in [2.75, 3.05) is 5.32 Å². The van der Waals surface area contributed by atoms with Crippen LogP contribution in [-0.4, -0.2) is 11.7 Å². The summed E-state index contributed by atoms with van der Waals surface area (Å²) >= 11 is 0.414. The summed E-state index contributed by atoms with van der Waals surface area (Å²) in [6, 6.07) is 15.1. The van der Waals surface area contributed by atoms with Gasteiger partial charge >= 0.3 is 0 Å². The smallest absolute Gasteiger partial charge is 0.288 e. The molecule has 2 nitrogen and oxygen atoms in total. The molecule has 0 aliphatic rings. The maximum Gasteiger partial charge on any atom is 0.288 e. The Labute approximate surface area is 113 Å². The molecule has 0 radical (unpaired) electrons. The number of rotatable bonds is 4. The fourth-order valence-corrected chi connectivity index (χ4v) is 2.15. The van der Waals surface area contributed by atoms with E-state index in [2.05, 4.69) is 5.32 Å². The molecule has 19 heavy (non-hydrogen) atoms. The Morgan fingerprint density at radius 3 is 2.32 bits per heavy atom. The summed E-state index contributed by atoms with van der Waals surface area (Å²) in [6.07, 6.45) is 0. The van der Waals surface area contributed by atoms with Gasteiger partial charge in [0, 0.05) is 10.5 Å². The minimum absolute atomic E-state index is 0.317. The number of nitrogens with one attached hydrogen (secondary N) is 1. The molecule has 0 bridgehead atoms. The molecule has 0 aliphatic carbocycles. The molecule has 0 spiro atoms. The summed E-state index contributed by atoms with van der Waals surface area (Å²) in [5.74, 6) is -2.84. The van der Waals surface area contributed by atoms with Gasteiger partial charge in [-0.2, -0.15) is 8.78 Å². The van der Waals surface area contributed by atoms with Crippen molar-refractivity contribution in [3.63, 3.8) is 0 Å². The van der Waals surface area contributed by atoms with Gasteiger partial charge in [-0.15, -0.1) is 0 Å². The van der Waals surface area contributed by atoms with Crippen LogP contribution in [0.5, 0.6) is 0 Å². The second kappa shape index (κ2) is 6.33. The lowest BCUT2D eigenvalue weighted by Gasteiger charge is -2.10. The van der Waals surface area contributed by atoms with Crippen molar-refractivity contribution in [3.8, 4) is 0 Å². The second-order valence-corrected chi connectivity index (χ2v) is 4.73. The van der Waals surface area contributed by atoms with Gasteiger partial charge in [0.05, 0.1) is 5.69 Å². The molecule has 0 heterocycles. The lowest BCUT2D eigenvalue weighted by molar-refractivity contribution is 0.102. The lowest BCUT2D eigenvalue weighted by Crippen LogP contribution is -2.12. The van der Waals surface area contributed by atoms with Gasteiger partial charge < -0.3 is 5.32 Å². The molecule has 0 aromatic heterocycles. The topological polar surface area (TPSA) is 29.1 Å². The van der Waals surface area contributed by atoms with Gasteiger partial charge in [0.15, 0.2) is 0 Å². The zero-order valence-corrected chi connectivity index (χ0v) is 10.7. The van der Waals surface area contributed by atoms with E-state index in [1.165, 1.54) is 0 Å². The first kappa shape index (κ1) is 13.5. The number of amides is 1. The molecule has 0 saturated heterocycles. The Hall–Kier alpha value is -1.88. The summed E-state index contributed by atoms with van der Waals surface area (Å²) in [5.41, 5.74) is 0.876. The Morgan fingerprint density at radius 2 is 1.63 bits per heavy atom. The Balaban J connectivity index is 2.17. The van der Waals surface area contributed by atoms with Crippen LogP contribution in [0, 0.1) is 0 Å². The van der Waals surface area contributed by atoms with Gasteiger partial charge in [0.2, 0.25) is 0 Å². The molecule has 0 fully saturated rings. The van der Waals surface area contributed by atoms with Crippen LogP contribution in [-0.2, 0) is 0 Å². The summed E-state index contributed by atoms with van der Waals surface area (Å²) in [6.45, 7) is 0. The molecule has 2 aromatic carbocycles. The number of para-hydroxylation sites is 1. The number of alkyl halides is 2. The molecule has 2 aromatic rings. The quantitative estimate of drug-likeness (QED) is 0.847. The van der Waals surface area contributed by atoms with Crippen LogP contribution in [0.1, 0.15) is 10.4 Å². The number of carbonyl (C=O) groups excluding carboxylic acids is 1. The first-order valence-corrected chi connectivity index (χ1v) is 6.45. The minimum Gasteiger partial charge on any atom is -0.321 e. The highest BCUT2D eigenvalue weighted by molar-refractivity contribution is 7.99. The largest absolute Gasteiger partial charge is 0.321 e. The molecule has 5 heteroatoms. The number of thioether (sulfide) groups is 1. The van der Waals surface area contributed by atoms with Crippen molar-refractivity contribution in [2.24, 2.45) is 0 Å². The third-order valence-electron chi connectivity index (χ3n) is 2.39. The van der Waals surface area contributed by atoms with E-state index in [0.717, 1.165) is 0 Å². The average molecular weight is 279 g/mol. The maximum absolute atomic E-state index is 12.4. The van der Waals surface area contributed by atoms with Crippen molar-refractivity contribution < 1.29 is 13.6 Å². The van der Waals surface area contributed by atoms with Crippen LogP contribution in [0.15, 0.2) is 59.5 Å². The van der Waals surface area contributed by atoms with Crippen molar-refractivity contribution in [2.45, 2.75) is 10.7 Å². The maximum atomic E-state index is 12.4. The third kappa shape index (κ3) is 3.79. The zero-order valence-electron chi connectivity index (χ0n) is 9.85. The number of carbonyl (C=O) groups is 1. The van der Waals surface area contributed by atoms with Crippen molar-refractivity contribution in [3.05, 3.63) is 60.2 Å². The van der Waals surface area contributed by atoms with E-state index < -0.39 is 5.76 Å². The molecule has 2 rings (SSSR count). The van der Waals surface area contributed by atoms with Crippen LogP contribution < -0.4 is 5.32 Å². The number of halogens is 2. The van der Waals surface area contributed by atoms with Gasteiger partial charge in [-0.3, -0.25) is 4.79 Å². The van der Waals surface area contributed by atoms with Crippen molar-refractivity contribution in [1.29, 1.82) is 0 Å². The molecule has 1 N–H and O–H groups in total. The Morgan fingerprint density at radius 1 is 1.00 bits per heavy atom. The predicted octanol–water partition coefficient (Wildman–Crippen LogP) is 4.25. The van der Waals surface area contributed by atoms with Crippen LogP contribution in [0.4, 0.5) is 14.5 Å². The van der Waals surface area contributed by atoms with Crippen LogP contribution >= 0.6 is 11.8 Å². The van der Waals surface area contributed by atoms with Crippen LogP contribution in [0.2, 0.25) is 0 Å². The van der Waals surface area contributed by atoms with E-state index >= 15 is 0 Å². The highest BCUT2D eigenvalue weighted by atomic mass is 32.2. The molecule has 0 saturated carbocycles. The second-order valence-electron chi connectivity index (χ2n) is 3.69. The fraction of sp³-hybridized carbons (Fsp3) is 0.0714. The average Bonchev–Trinajstić information content (AvgIpc) is 2.41. The number of hydrogen-bond acceptors (Lipinski definition) is 2. The number of benzene rings is 2. The van der Waals surface area contributed by atoms with Gasteiger partial charge in [-0.05, 0) is 24.3 Å². The monoisotopic (exact) mass is 279 g/mol. The molecule has 1 amide bonds. The van der Waals surface area contributed by atoms with Gasteiger partial charge in [-0.25, -0.2) is 0 Å². The standard InChI is InChI=1S/C14H11F2NOS/c15-14(16)19-12-9-5-4-8-11(12)17-13(18)10-6-2-1-3-7-10/h1-9,14H,(H,17,18). The molecule has 98 valence electrons. The Kier molecular flexibility index (Phi) is 4.52. The van der Waals surface area contributed by atoms with E-state index in [-0.39, 0.29) is 5.91 Å². The van der Waals surface area contributed by atoms with E-state index in [9.17, 15) is 13.6 Å². The lowest BCUT2D eigenvalue weighted by atomic mass is 10.2. The van der Waals surface area contributed by atoms with Crippen LogP contribution in [0.3, 0.4) is 0 Å². The SMILES string of the molecule is O=C(Nc1ccccc1SC(F)F)c1ccccc1. The van der Waals surface area contributed by atoms with Crippen LogP contribution in [0.25, 0.3) is 0 Å². The summed E-state index contributed by atoms with van der Waals surface area (Å²) in [7, 11) is 0. The number of hydrogen-bond donors (Lipinski definition) is 1. The number of anilines is 1. The highest BCUT2D eigenvalue weighted by Crippen LogP contribution is 2.31. The van der Waals surface area contributed by atoms with E-state index in [1.54, 1.807) is 54.6 Å². The van der Waals surface area contributed by atoms with Crippen molar-refractivity contribution >= 4 is 23.4 Å². The fourth-order valence-electron chi connectivity index (χ4n) is 1.55. The molecule has 0 aliphatic heterocycles. The van der Waals surface area contributed by atoms with E-state index in [4.69, 9.17) is 0 Å². The highest BCUT2D eigenvalue weighted by Gasteiger charge is 2.12. The zero-order chi connectivity index (χ0) is 13.7. The molecular formula is C14H11F2NOS. The Bertz CT molecular complexity index is 560. The van der Waals surface area contributed by atoms with E-state index in [0.29, 0.717) is 27.9 Å². The van der Waals surface area contributed by atoms with Gasteiger partial charge in [0.25, 0.3) is 11.7 Å². The van der Waals surface area contributed by atoms with Gasteiger partial charge in [-0.1, -0.05) is 42.1 Å². The summed E-state index contributed by atoms with van der Waals surface area (Å²) in [4.78, 5) is 12.3. The predicted molar refractivity (Wildman–Crippen MR) is 72.7 cm³/mol. The third-order valence-corrected chi connectivity index (χ3v) is 3.18. The normalized spacial score (nSPS) is 10.5. The van der Waals surface area contributed by atoms with Crippen molar-refractivity contribution in [1.82, 2.24) is 0 Å². The summed E-state index contributed by atoms with van der Waals surface area (Å²) in [5, 5.41) is 2.64. The van der Waals surface area contributed by atoms with Gasteiger partial charge in [0.1, 0.15) is 0 Å². The molecule has 0 atom stereocenters. The first-order chi connectivity index (χ1) is 9.16. The molecular weight excluding hydrogens is 268 g/mol. The summed E-state index contributed by atoms with van der Waals surface area (Å²) < 4.78 is 24.8. The van der Waals surface area contributed by atoms with E-state index in [1.807, 2.05) is 0 Å².